The van der Waals surface area contributed by atoms with Crippen molar-refractivity contribution < 1.29 is 4.74 Å². The molecule has 2 aromatic rings. The first kappa shape index (κ1) is 14.4. The maximum absolute atomic E-state index is 6.31. The van der Waals surface area contributed by atoms with E-state index in [-0.39, 0.29) is 6.10 Å². The van der Waals surface area contributed by atoms with Crippen LogP contribution < -0.4 is 4.74 Å². The summed E-state index contributed by atoms with van der Waals surface area (Å²) in [6.45, 7) is 7.21. The summed E-state index contributed by atoms with van der Waals surface area (Å²) in [4.78, 5) is 2.43. The minimum Gasteiger partial charge on any atom is -0.484 e. The monoisotopic (exact) mass is 301 g/mol. The predicted octanol–water partition coefficient (Wildman–Crippen LogP) is 4.60. The lowest BCUT2D eigenvalue weighted by molar-refractivity contribution is 0.152. The summed E-state index contributed by atoms with van der Waals surface area (Å²) in [6, 6.07) is 14.3. The summed E-state index contributed by atoms with van der Waals surface area (Å²) in [5.41, 5.74) is 3.77. The van der Waals surface area contributed by atoms with E-state index in [9.17, 15) is 0 Å². The van der Waals surface area contributed by atoms with Crippen LogP contribution in [0, 0.1) is 6.92 Å². The van der Waals surface area contributed by atoms with Crippen molar-refractivity contribution >= 4 is 11.6 Å². The third-order valence-electron chi connectivity index (χ3n) is 4.13. The third-order valence-corrected chi connectivity index (χ3v) is 4.38. The van der Waals surface area contributed by atoms with Crippen molar-refractivity contribution in [2.45, 2.75) is 26.5 Å². The van der Waals surface area contributed by atoms with Crippen molar-refractivity contribution in [1.29, 1.82) is 0 Å². The highest BCUT2D eigenvalue weighted by Crippen LogP contribution is 2.33. The maximum atomic E-state index is 6.31. The predicted molar refractivity (Wildman–Crippen MR) is 87.0 cm³/mol. The van der Waals surface area contributed by atoms with E-state index in [4.69, 9.17) is 16.3 Å². The van der Waals surface area contributed by atoms with Gasteiger partial charge in [0.15, 0.2) is 0 Å². The minimum absolute atomic E-state index is 0.0465. The molecule has 3 heteroatoms. The molecule has 1 heterocycles. The Labute approximate surface area is 131 Å². The molecule has 0 amide bonds. The first-order valence-electron chi connectivity index (χ1n) is 7.40. The summed E-state index contributed by atoms with van der Waals surface area (Å²) in [6.07, 6.45) is 0.0465. The van der Waals surface area contributed by atoms with Gasteiger partial charge in [-0.2, -0.15) is 0 Å². The van der Waals surface area contributed by atoms with Gasteiger partial charge in [0.1, 0.15) is 11.9 Å². The number of aryl methyl sites for hydroxylation is 1. The zero-order chi connectivity index (χ0) is 14.8. The summed E-state index contributed by atoms with van der Waals surface area (Å²) < 4.78 is 6.31. The lowest BCUT2D eigenvalue weighted by Crippen LogP contribution is -2.27. The van der Waals surface area contributed by atoms with E-state index in [0.717, 1.165) is 30.4 Å². The van der Waals surface area contributed by atoms with E-state index >= 15 is 0 Å². The Bertz CT molecular complexity index is 624. The summed E-state index contributed by atoms with van der Waals surface area (Å²) in [5, 5.41) is 0.760. The van der Waals surface area contributed by atoms with Crippen LogP contribution in [0.4, 0.5) is 0 Å². The fourth-order valence-corrected chi connectivity index (χ4v) is 2.92. The van der Waals surface area contributed by atoms with E-state index in [2.05, 4.69) is 49.1 Å². The number of ether oxygens (including phenoxy) is 1. The van der Waals surface area contributed by atoms with Gasteiger partial charge >= 0.3 is 0 Å². The molecule has 0 fully saturated rings. The highest BCUT2D eigenvalue weighted by atomic mass is 35.5. The van der Waals surface area contributed by atoms with Crippen LogP contribution in [-0.4, -0.2) is 18.0 Å². The van der Waals surface area contributed by atoms with Crippen molar-refractivity contribution in [2.24, 2.45) is 0 Å². The first-order chi connectivity index (χ1) is 10.2. The fourth-order valence-electron chi connectivity index (χ4n) is 2.79. The van der Waals surface area contributed by atoms with E-state index in [1.807, 2.05) is 12.1 Å². The van der Waals surface area contributed by atoms with Crippen molar-refractivity contribution in [3.05, 3.63) is 64.2 Å². The second-order valence-corrected chi connectivity index (χ2v) is 5.97. The Morgan fingerprint density at radius 2 is 1.95 bits per heavy atom. The van der Waals surface area contributed by atoms with Gasteiger partial charge in [0.2, 0.25) is 0 Å². The largest absolute Gasteiger partial charge is 0.484 e. The van der Waals surface area contributed by atoms with Gasteiger partial charge in [-0.15, -0.1) is 0 Å². The van der Waals surface area contributed by atoms with Crippen LogP contribution in [-0.2, 0) is 6.54 Å². The smallest absolute Gasteiger partial charge is 0.136 e. The number of nitrogens with zero attached hydrogens (tertiary/aromatic N) is 1. The van der Waals surface area contributed by atoms with Crippen LogP contribution in [0.2, 0.25) is 5.02 Å². The Morgan fingerprint density at radius 1 is 1.19 bits per heavy atom. The molecule has 0 aromatic heterocycles. The zero-order valence-corrected chi connectivity index (χ0v) is 13.2. The summed E-state index contributed by atoms with van der Waals surface area (Å²) >= 11 is 5.99. The van der Waals surface area contributed by atoms with Gasteiger partial charge in [-0.3, -0.25) is 4.90 Å². The standard InChI is InChI=1S/C18H20ClNO/c1-3-20-11-16-13(2)5-4-6-17(16)21-18(12-20)14-7-9-15(19)10-8-14/h4-10,18H,3,11-12H2,1-2H3. The normalized spacial score (nSPS) is 18.7. The number of benzene rings is 2. The molecule has 0 saturated carbocycles. The Kier molecular flexibility index (Phi) is 4.18. The van der Waals surface area contributed by atoms with Crippen LogP contribution in [0.1, 0.15) is 29.7 Å². The fraction of sp³-hybridized carbons (Fsp3) is 0.333. The molecule has 1 aliphatic rings. The van der Waals surface area contributed by atoms with Crippen molar-refractivity contribution in [3.63, 3.8) is 0 Å². The highest BCUT2D eigenvalue weighted by Gasteiger charge is 2.24. The number of likely N-dealkylation sites (N-methyl/N-ethyl adjacent to an activating group) is 1. The number of halogens is 1. The summed E-state index contributed by atoms with van der Waals surface area (Å²) in [5.74, 6) is 1.01. The Hall–Kier alpha value is -1.51. The lowest BCUT2D eigenvalue weighted by atomic mass is 10.1. The molecule has 0 N–H and O–H groups in total. The van der Waals surface area contributed by atoms with Crippen molar-refractivity contribution in [2.75, 3.05) is 13.1 Å². The van der Waals surface area contributed by atoms with Gasteiger partial charge < -0.3 is 4.74 Å². The Morgan fingerprint density at radius 3 is 2.67 bits per heavy atom. The van der Waals surface area contributed by atoms with Gasteiger partial charge in [0.05, 0.1) is 0 Å². The molecule has 1 aliphatic heterocycles. The van der Waals surface area contributed by atoms with Gasteiger partial charge in [-0.05, 0) is 42.8 Å². The molecule has 1 atom stereocenters. The molecule has 3 rings (SSSR count). The minimum atomic E-state index is 0.0465. The number of hydrogen-bond acceptors (Lipinski definition) is 2. The quantitative estimate of drug-likeness (QED) is 0.803. The van der Waals surface area contributed by atoms with E-state index in [0.29, 0.717) is 0 Å². The van der Waals surface area contributed by atoms with E-state index < -0.39 is 0 Å². The van der Waals surface area contributed by atoms with Gasteiger partial charge in [-0.25, -0.2) is 0 Å². The van der Waals surface area contributed by atoms with Gasteiger partial charge in [0, 0.05) is 23.7 Å². The van der Waals surface area contributed by atoms with E-state index in [1.165, 1.54) is 16.7 Å². The van der Waals surface area contributed by atoms with Crippen molar-refractivity contribution in [3.8, 4) is 5.75 Å². The molecule has 0 saturated heterocycles. The topological polar surface area (TPSA) is 12.5 Å². The molecular formula is C18H20ClNO. The molecular weight excluding hydrogens is 282 g/mol. The molecule has 0 radical (unpaired) electrons. The van der Waals surface area contributed by atoms with Crippen LogP contribution in [0.3, 0.4) is 0 Å². The van der Waals surface area contributed by atoms with Crippen LogP contribution in [0.25, 0.3) is 0 Å². The van der Waals surface area contributed by atoms with Gasteiger partial charge in [0.25, 0.3) is 0 Å². The number of fused-ring (bicyclic) bond motifs is 1. The van der Waals surface area contributed by atoms with E-state index in [1.54, 1.807) is 0 Å². The van der Waals surface area contributed by atoms with Gasteiger partial charge in [-0.1, -0.05) is 42.8 Å². The van der Waals surface area contributed by atoms with Crippen molar-refractivity contribution in [1.82, 2.24) is 4.90 Å². The summed E-state index contributed by atoms with van der Waals surface area (Å²) in [7, 11) is 0. The average molecular weight is 302 g/mol. The number of hydrogen-bond donors (Lipinski definition) is 0. The van der Waals surface area contributed by atoms with Crippen LogP contribution >= 0.6 is 11.6 Å². The SMILES string of the molecule is CCN1Cc2c(C)cccc2OC(c2ccc(Cl)cc2)C1. The molecule has 110 valence electrons. The molecule has 2 aromatic carbocycles. The zero-order valence-electron chi connectivity index (χ0n) is 12.5. The van der Waals surface area contributed by atoms with Crippen LogP contribution in [0.15, 0.2) is 42.5 Å². The molecule has 2 nitrogen and oxygen atoms in total. The second kappa shape index (κ2) is 6.08. The third kappa shape index (κ3) is 3.07. The lowest BCUT2D eigenvalue weighted by Gasteiger charge is -2.22. The molecule has 0 aliphatic carbocycles. The Balaban J connectivity index is 1.97. The number of rotatable bonds is 2. The first-order valence-corrected chi connectivity index (χ1v) is 7.78. The highest BCUT2D eigenvalue weighted by molar-refractivity contribution is 6.30. The average Bonchev–Trinajstić information content (AvgIpc) is 2.68. The molecule has 21 heavy (non-hydrogen) atoms. The molecule has 1 unspecified atom stereocenters. The molecule has 0 bridgehead atoms. The van der Waals surface area contributed by atoms with Crippen LogP contribution in [0.5, 0.6) is 5.75 Å². The molecule has 0 spiro atoms. The second-order valence-electron chi connectivity index (χ2n) is 5.54. The maximum Gasteiger partial charge on any atom is 0.136 e.